The molecule has 90 valence electrons. The Morgan fingerprint density at radius 3 is 2.50 bits per heavy atom. The van der Waals surface area contributed by atoms with E-state index in [0.29, 0.717) is 0 Å². The Morgan fingerprint density at radius 1 is 1.25 bits per heavy atom. The molecule has 6 heteroatoms. The number of benzene rings is 1. The minimum atomic E-state index is -4.20. The maximum Gasteiger partial charge on any atom is 0.390 e. The summed E-state index contributed by atoms with van der Waals surface area (Å²) >= 11 is 5.70. The van der Waals surface area contributed by atoms with Gasteiger partial charge in [-0.3, -0.25) is 0 Å². The lowest BCUT2D eigenvalue weighted by atomic mass is 10.2. The van der Waals surface area contributed by atoms with Crippen LogP contribution in [0.1, 0.15) is 12.0 Å². The Kier molecular flexibility index (Phi) is 4.56. The van der Waals surface area contributed by atoms with E-state index in [1.165, 1.54) is 18.2 Å². The standard InChI is InChI=1S/C10H10ClF4N/c11-8-2-1-3-9(12)7(8)6-16-5-4-10(13,14)15/h1-3,16H,4-6H2. The van der Waals surface area contributed by atoms with Gasteiger partial charge in [0, 0.05) is 23.7 Å². The molecule has 0 saturated carbocycles. The second-order valence-corrected chi connectivity index (χ2v) is 3.65. The van der Waals surface area contributed by atoms with E-state index in [1.54, 1.807) is 0 Å². The van der Waals surface area contributed by atoms with Crippen molar-refractivity contribution < 1.29 is 17.6 Å². The molecule has 0 bridgehead atoms. The maximum atomic E-state index is 13.2. The fourth-order valence-electron chi connectivity index (χ4n) is 1.14. The van der Waals surface area contributed by atoms with Crippen molar-refractivity contribution in [3.05, 3.63) is 34.6 Å². The van der Waals surface area contributed by atoms with Crippen LogP contribution in [0.2, 0.25) is 5.02 Å². The first-order chi connectivity index (χ1) is 7.40. The molecule has 1 aromatic rings. The lowest BCUT2D eigenvalue weighted by Crippen LogP contribution is -2.21. The fraction of sp³-hybridized carbons (Fsp3) is 0.400. The van der Waals surface area contributed by atoms with Crippen molar-refractivity contribution in [3.63, 3.8) is 0 Å². The van der Waals surface area contributed by atoms with Crippen LogP contribution >= 0.6 is 11.6 Å². The molecule has 1 N–H and O–H groups in total. The second-order valence-electron chi connectivity index (χ2n) is 3.24. The van der Waals surface area contributed by atoms with Gasteiger partial charge in [0.1, 0.15) is 5.82 Å². The van der Waals surface area contributed by atoms with Crippen LogP contribution in [0.4, 0.5) is 17.6 Å². The van der Waals surface area contributed by atoms with Gasteiger partial charge in [-0.25, -0.2) is 4.39 Å². The third kappa shape index (κ3) is 4.37. The summed E-state index contributed by atoms with van der Waals surface area (Å²) in [6, 6.07) is 4.15. The fourth-order valence-corrected chi connectivity index (χ4v) is 1.37. The molecule has 0 unspecified atom stereocenters. The third-order valence-corrected chi connectivity index (χ3v) is 2.30. The highest BCUT2D eigenvalue weighted by atomic mass is 35.5. The van der Waals surface area contributed by atoms with Crippen molar-refractivity contribution in [1.82, 2.24) is 5.32 Å². The van der Waals surface area contributed by atoms with E-state index in [2.05, 4.69) is 5.32 Å². The SMILES string of the molecule is Fc1cccc(Cl)c1CNCCC(F)(F)F. The Labute approximate surface area is 95.4 Å². The zero-order valence-corrected chi connectivity index (χ0v) is 9.00. The minimum absolute atomic E-state index is 0.0123. The normalized spacial score (nSPS) is 11.8. The van der Waals surface area contributed by atoms with Crippen molar-refractivity contribution in [2.24, 2.45) is 0 Å². The number of halogens is 5. The number of rotatable bonds is 4. The second kappa shape index (κ2) is 5.50. The molecule has 16 heavy (non-hydrogen) atoms. The summed E-state index contributed by atoms with van der Waals surface area (Å²) in [6.45, 7) is -0.268. The molecular formula is C10H10ClF4N. The predicted molar refractivity (Wildman–Crippen MR) is 53.8 cm³/mol. The van der Waals surface area contributed by atoms with Gasteiger partial charge in [-0.1, -0.05) is 17.7 Å². The van der Waals surface area contributed by atoms with E-state index in [-0.39, 0.29) is 23.7 Å². The Morgan fingerprint density at radius 2 is 1.94 bits per heavy atom. The van der Waals surface area contributed by atoms with E-state index in [4.69, 9.17) is 11.6 Å². The van der Waals surface area contributed by atoms with Crippen LogP contribution < -0.4 is 5.32 Å². The highest BCUT2D eigenvalue weighted by Crippen LogP contribution is 2.20. The molecule has 0 saturated heterocycles. The summed E-state index contributed by atoms with van der Waals surface area (Å²) in [5.41, 5.74) is 0.186. The summed E-state index contributed by atoms with van der Waals surface area (Å²) < 4.78 is 48.6. The topological polar surface area (TPSA) is 12.0 Å². The van der Waals surface area contributed by atoms with Crippen LogP contribution in [-0.4, -0.2) is 12.7 Å². The molecule has 0 radical (unpaired) electrons. The molecule has 1 nitrogen and oxygen atoms in total. The Hall–Kier alpha value is -0.810. The molecule has 0 heterocycles. The molecule has 1 rings (SSSR count). The summed E-state index contributed by atoms with van der Waals surface area (Å²) in [6.07, 6.45) is -5.15. The van der Waals surface area contributed by atoms with Crippen LogP contribution in [0, 0.1) is 5.82 Å². The largest absolute Gasteiger partial charge is 0.390 e. The van der Waals surface area contributed by atoms with E-state index < -0.39 is 18.4 Å². The van der Waals surface area contributed by atoms with Crippen LogP contribution in [-0.2, 0) is 6.54 Å². The lowest BCUT2D eigenvalue weighted by molar-refractivity contribution is -0.133. The van der Waals surface area contributed by atoms with E-state index in [1.807, 2.05) is 0 Å². The quantitative estimate of drug-likeness (QED) is 0.641. The molecule has 0 aromatic heterocycles. The van der Waals surface area contributed by atoms with Crippen molar-refractivity contribution in [2.75, 3.05) is 6.54 Å². The molecule has 1 aromatic carbocycles. The van der Waals surface area contributed by atoms with Gasteiger partial charge in [-0.05, 0) is 12.1 Å². The van der Waals surface area contributed by atoms with Crippen molar-refractivity contribution in [2.45, 2.75) is 19.1 Å². The van der Waals surface area contributed by atoms with Gasteiger partial charge >= 0.3 is 6.18 Å². The smallest absolute Gasteiger partial charge is 0.312 e. The molecule has 0 aliphatic rings. The van der Waals surface area contributed by atoms with Crippen LogP contribution in [0.3, 0.4) is 0 Å². The van der Waals surface area contributed by atoms with Gasteiger partial charge in [0.25, 0.3) is 0 Å². The van der Waals surface area contributed by atoms with Crippen LogP contribution in [0.5, 0.6) is 0 Å². The third-order valence-electron chi connectivity index (χ3n) is 1.95. The van der Waals surface area contributed by atoms with Crippen molar-refractivity contribution in [1.29, 1.82) is 0 Å². The van der Waals surface area contributed by atoms with Gasteiger partial charge < -0.3 is 5.32 Å². The Bertz CT molecular complexity index is 331. The first kappa shape index (κ1) is 13.3. The number of hydrogen-bond donors (Lipinski definition) is 1. The molecule has 0 aliphatic heterocycles. The maximum absolute atomic E-state index is 13.2. The molecular weight excluding hydrogens is 246 g/mol. The van der Waals surface area contributed by atoms with Gasteiger partial charge in [-0.2, -0.15) is 13.2 Å². The van der Waals surface area contributed by atoms with Crippen LogP contribution in [0.25, 0.3) is 0 Å². The summed E-state index contributed by atoms with van der Waals surface area (Å²) in [5.74, 6) is -0.521. The van der Waals surface area contributed by atoms with Gasteiger partial charge in [0.15, 0.2) is 0 Å². The van der Waals surface area contributed by atoms with Crippen molar-refractivity contribution >= 4 is 11.6 Å². The van der Waals surface area contributed by atoms with Crippen molar-refractivity contribution in [3.8, 4) is 0 Å². The zero-order valence-electron chi connectivity index (χ0n) is 8.24. The lowest BCUT2D eigenvalue weighted by Gasteiger charge is -2.09. The monoisotopic (exact) mass is 255 g/mol. The summed E-state index contributed by atoms with van der Waals surface area (Å²) in [4.78, 5) is 0. The highest BCUT2D eigenvalue weighted by Gasteiger charge is 2.25. The van der Waals surface area contributed by atoms with Gasteiger partial charge in [0.05, 0.1) is 6.42 Å². The predicted octanol–water partition coefficient (Wildman–Crippen LogP) is 3.52. The molecule has 0 fully saturated rings. The summed E-state index contributed by atoms with van der Waals surface area (Å²) in [5, 5.41) is 2.70. The Balaban J connectivity index is 2.43. The summed E-state index contributed by atoms with van der Waals surface area (Å²) in [7, 11) is 0. The average molecular weight is 256 g/mol. The average Bonchev–Trinajstić information content (AvgIpc) is 2.14. The van der Waals surface area contributed by atoms with E-state index in [9.17, 15) is 17.6 Å². The molecule has 0 aliphatic carbocycles. The number of alkyl halides is 3. The molecule has 0 amide bonds. The zero-order chi connectivity index (χ0) is 12.2. The number of hydrogen-bond acceptors (Lipinski definition) is 1. The van der Waals surface area contributed by atoms with Gasteiger partial charge in [-0.15, -0.1) is 0 Å². The van der Waals surface area contributed by atoms with E-state index in [0.717, 1.165) is 0 Å². The van der Waals surface area contributed by atoms with Crippen LogP contribution in [0.15, 0.2) is 18.2 Å². The number of nitrogens with one attached hydrogen (secondary N) is 1. The first-order valence-electron chi connectivity index (χ1n) is 4.60. The van der Waals surface area contributed by atoms with Gasteiger partial charge in [0.2, 0.25) is 0 Å². The first-order valence-corrected chi connectivity index (χ1v) is 4.98. The highest BCUT2D eigenvalue weighted by molar-refractivity contribution is 6.31. The molecule has 0 atom stereocenters. The minimum Gasteiger partial charge on any atom is -0.312 e. The molecule has 0 spiro atoms. The van der Waals surface area contributed by atoms with E-state index >= 15 is 0 Å².